The fraction of sp³-hybridized carbons (Fsp3) is 0.588. The molecule has 0 aromatic heterocycles. The predicted octanol–water partition coefficient (Wildman–Crippen LogP) is 4.06. The quantitative estimate of drug-likeness (QED) is 0.829. The molecule has 3 heteroatoms. The van der Waals surface area contributed by atoms with Crippen LogP contribution in [0.15, 0.2) is 30.3 Å². The van der Waals surface area contributed by atoms with Gasteiger partial charge < -0.3 is 5.73 Å². The lowest BCUT2D eigenvalue weighted by Gasteiger charge is -2.37. The van der Waals surface area contributed by atoms with Gasteiger partial charge in [0.05, 0.1) is 4.99 Å². The van der Waals surface area contributed by atoms with E-state index in [1.54, 1.807) is 0 Å². The molecule has 2 atom stereocenters. The Kier molecular flexibility index (Phi) is 5.99. The molecule has 2 rings (SSSR count). The highest BCUT2D eigenvalue weighted by atomic mass is 32.1. The Morgan fingerprint density at radius 3 is 2.70 bits per heavy atom. The van der Waals surface area contributed by atoms with E-state index in [0.717, 1.165) is 6.42 Å². The van der Waals surface area contributed by atoms with Crippen molar-refractivity contribution >= 4 is 17.2 Å². The standard InChI is InChI=1S/C17H26N2S/c1-2-15-11-7-4-8-12-19(15)16(13-17(18)20)14-9-5-3-6-10-14/h3,5-6,9-10,15-16H,2,4,7-8,11-13H2,1H3,(H2,18,20). The lowest BCUT2D eigenvalue weighted by Crippen LogP contribution is -2.39. The Morgan fingerprint density at radius 2 is 2.05 bits per heavy atom. The zero-order valence-electron chi connectivity index (χ0n) is 12.4. The molecule has 0 aliphatic carbocycles. The molecule has 2 nitrogen and oxygen atoms in total. The Hall–Kier alpha value is -0.930. The van der Waals surface area contributed by atoms with Gasteiger partial charge in [-0.15, -0.1) is 0 Å². The summed E-state index contributed by atoms with van der Waals surface area (Å²) in [5.41, 5.74) is 7.22. The fourth-order valence-electron chi connectivity index (χ4n) is 3.34. The van der Waals surface area contributed by atoms with Crippen molar-refractivity contribution in [3.05, 3.63) is 35.9 Å². The summed E-state index contributed by atoms with van der Waals surface area (Å²) in [5, 5.41) is 0. The number of likely N-dealkylation sites (tertiary alicyclic amines) is 1. The first kappa shape index (κ1) is 15.5. The van der Waals surface area contributed by atoms with Crippen LogP contribution in [-0.2, 0) is 0 Å². The Labute approximate surface area is 128 Å². The average Bonchev–Trinajstić information content (AvgIpc) is 2.70. The topological polar surface area (TPSA) is 29.3 Å². The van der Waals surface area contributed by atoms with Crippen molar-refractivity contribution in [3.8, 4) is 0 Å². The number of hydrogen-bond acceptors (Lipinski definition) is 2. The van der Waals surface area contributed by atoms with Crippen molar-refractivity contribution in [1.82, 2.24) is 4.90 Å². The Morgan fingerprint density at radius 1 is 1.30 bits per heavy atom. The van der Waals surface area contributed by atoms with Crippen LogP contribution < -0.4 is 5.73 Å². The van der Waals surface area contributed by atoms with Crippen LogP contribution >= 0.6 is 12.2 Å². The van der Waals surface area contributed by atoms with Crippen molar-refractivity contribution in [2.24, 2.45) is 5.73 Å². The van der Waals surface area contributed by atoms with E-state index in [0.29, 0.717) is 17.1 Å². The second-order valence-electron chi connectivity index (χ2n) is 5.75. The van der Waals surface area contributed by atoms with Gasteiger partial charge in [0, 0.05) is 18.5 Å². The summed E-state index contributed by atoms with van der Waals surface area (Å²) in [6, 6.07) is 11.7. The first-order valence-corrected chi connectivity index (χ1v) is 8.22. The molecule has 20 heavy (non-hydrogen) atoms. The van der Waals surface area contributed by atoms with Gasteiger partial charge in [-0.1, -0.05) is 62.3 Å². The Balaban J connectivity index is 2.26. The average molecular weight is 290 g/mol. The van der Waals surface area contributed by atoms with Crippen LogP contribution in [0.5, 0.6) is 0 Å². The number of rotatable bonds is 5. The van der Waals surface area contributed by atoms with Gasteiger partial charge in [-0.25, -0.2) is 0 Å². The minimum Gasteiger partial charge on any atom is -0.393 e. The highest BCUT2D eigenvalue weighted by molar-refractivity contribution is 7.80. The van der Waals surface area contributed by atoms with Gasteiger partial charge in [-0.2, -0.15) is 0 Å². The monoisotopic (exact) mass is 290 g/mol. The van der Waals surface area contributed by atoms with Crippen LogP contribution in [0.2, 0.25) is 0 Å². The number of hydrogen-bond donors (Lipinski definition) is 1. The molecule has 1 saturated heterocycles. The minimum atomic E-state index is 0.344. The predicted molar refractivity (Wildman–Crippen MR) is 89.8 cm³/mol. The van der Waals surface area contributed by atoms with Gasteiger partial charge >= 0.3 is 0 Å². The molecular formula is C17H26N2S. The van der Waals surface area contributed by atoms with Crippen LogP contribution in [0.3, 0.4) is 0 Å². The molecule has 0 spiro atoms. The number of nitrogens with two attached hydrogens (primary N) is 1. The second kappa shape index (κ2) is 7.75. The fourth-order valence-corrected chi connectivity index (χ4v) is 3.50. The van der Waals surface area contributed by atoms with Crippen LogP contribution in [0, 0.1) is 0 Å². The maximum atomic E-state index is 5.87. The Bertz CT molecular complexity index is 418. The molecule has 1 aromatic carbocycles. The molecule has 2 unspecified atom stereocenters. The first-order valence-electron chi connectivity index (χ1n) is 7.81. The summed E-state index contributed by atoms with van der Waals surface area (Å²) >= 11 is 5.20. The van der Waals surface area contributed by atoms with E-state index in [9.17, 15) is 0 Å². The number of thiocarbonyl (C=S) groups is 1. The largest absolute Gasteiger partial charge is 0.393 e. The van der Waals surface area contributed by atoms with Crippen LogP contribution in [0.1, 0.15) is 57.1 Å². The van der Waals surface area contributed by atoms with Crippen LogP contribution in [0.25, 0.3) is 0 Å². The zero-order valence-corrected chi connectivity index (χ0v) is 13.2. The van der Waals surface area contributed by atoms with Crippen molar-refractivity contribution in [2.75, 3.05) is 6.54 Å². The molecule has 0 bridgehead atoms. The smallest absolute Gasteiger partial charge is 0.0746 e. The normalized spacial score (nSPS) is 22.1. The summed E-state index contributed by atoms with van der Waals surface area (Å²) in [6.07, 6.45) is 7.29. The van der Waals surface area contributed by atoms with E-state index in [1.807, 2.05) is 0 Å². The van der Waals surface area contributed by atoms with Crippen LogP contribution in [-0.4, -0.2) is 22.5 Å². The molecule has 1 fully saturated rings. The van der Waals surface area contributed by atoms with Gasteiger partial charge in [0.15, 0.2) is 0 Å². The summed E-state index contributed by atoms with van der Waals surface area (Å²) < 4.78 is 0. The molecule has 1 aromatic rings. The van der Waals surface area contributed by atoms with Crippen molar-refractivity contribution in [2.45, 2.75) is 57.5 Å². The lowest BCUT2D eigenvalue weighted by atomic mass is 9.98. The van der Waals surface area contributed by atoms with E-state index in [2.05, 4.69) is 42.2 Å². The molecule has 0 saturated carbocycles. The maximum Gasteiger partial charge on any atom is 0.0746 e. The summed E-state index contributed by atoms with van der Waals surface area (Å²) in [7, 11) is 0. The van der Waals surface area contributed by atoms with E-state index in [-0.39, 0.29) is 0 Å². The summed E-state index contributed by atoms with van der Waals surface area (Å²) in [5.74, 6) is 0. The zero-order chi connectivity index (χ0) is 14.4. The second-order valence-corrected chi connectivity index (χ2v) is 6.27. The van der Waals surface area contributed by atoms with Gasteiger partial charge in [-0.3, -0.25) is 4.90 Å². The van der Waals surface area contributed by atoms with Crippen molar-refractivity contribution in [1.29, 1.82) is 0 Å². The highest BCUT2D eigenvalue weighted by Crippen LogP contribution is 2.31. The van der Waals surface area contributed by atoms with E-state index >= 15 is 0 Å². The van der Waals surface area contributed by atoms with Gasteiger partial charge in [0.1, 0.15) is 0 Å². The third-order valence-corrected chi connectivity index (χ3v) is 4.54. The molecule has 0 radical (unpaired) electrons. The molecule has 0 amide bonds. The number of benzene rings is 1. The molecule has 2 N–H and O–H groups in total. The summed E-state index contributed by atoms with van der Waals surface area (Å²) in [4.78, 5) is 3.28. The molecular weight excluding hydrogens is 264 g/mol. The van der Waals surface area contributed by atoms with Gasteiger partial charge in [-0.05, 0) is 31.4 Å². The number of nitrogens with zero attached hydrogens (tertiary/aromatic N) is 1. The molecule has 1 aliphatic rings. The van der Waals surface area contributed by atoms with Gasteiger partial charge in [0.2, 0.25) is 0 Å². The molecule has 1 aliphatic heterocycles. The molecule has 110 valence electrons. The SMILES string of the molecule is CCC1CCCCCN1C(CC(N)=S)c1ccccc1. The molecule has 1 heterocycles. The first-order chi connectivity index (χ1) is 9.72. The van der Waals surface area contributed by atoms with Crippen LogP contribution in [0.4, 0.5) is 0 Å². The highest BCUT2D eigenvalue weighted by Gasteiger charge is 2.28. The maximum absolute atomic E-state index is 5.87. The van der Waals surface area contributed by atoms with E-state index in [4.69, 9.17) is 18.0 Å². The lowest BCUT2D eigenvalue weighted by molar-refractivity contribution is 0.135. The summed E-state index contributed by atoms with van der Waals surface area (Å²) in [6.45, 7) is 3.46. The van der Waals surface area contributed by atoms with Crippen molar-refractivity contribution < 1.29 is 0 Å². The minimum absolute atomic E-state index is 0.344. The van der Waals surface area contributed by atoms with E-state index < -0.39 is 0 Å². The third kappa shape index (κ3) is 4.03. The van der Waals surface area contributed by atoms with Gasteiger partial charge in [0.25, 0.3) is 0 Å². The van der Waals surface area contributed by atoms with E-state index in [1.165, 1.54) is 44.2 Å². The van der Waals surface area contributed by atoms with Crippen molar-refractivity contribution in [3.63, 3.8) is 0 Å². The third-order valence-electron chi connectivity index (χ3n) is 4.37.